The van der Waals surface area contributed by atoms with E-state index in [4.69, 9.17) is 0 Å². The summed E-state index contributed by atoms with van der Waals surface area (Å²) in [4.78, 5) is 38.3. The third kappa shape index (κ3) is 2.82. The lowest BCUT2D eigenvalue weighted by molar-refractivity contribution is -0.142. The lowest BCUT2D eigenvalue weighted by atomic mass is 9.74. The Morgan fingerprint density at radius 2 is 1.82 bits per heavy atom. The van der Waals surface area contributed by atoms with E-state index in [-0.39, 0.29) is 29.9 Å². The first-order valence-electron chi connectivity index (χ1n) is 7.97. The van der Waals surface area contributed by atoms with Crippen molar-refractivity contribution in [2.24, 2.45) is 17.8 Å². The fraction of sp³-hybridized carbons (Fsp3) is 0.500. The van der Waals surface area contributed by atoms with E-state index in [0.29, 0.717) is 18.9 Å². The van der Waals surface area contributed by atoms with Gasteiger partial charge in [-0.15, -0.1) is 0 Å². The Bertz CT molecular complexity index is 596. The fourth-order valence-electron chi connectivity index (χ4n) is 3.60. The maximum absolute atomic E-state index is 12.6. The van der Waals surface area contributed by atoms with Crippen molar-refractivity contribution in [3.8, 4) is 0 Å². The van der Waals surface area contributed by atoms with Crippen molar-refractivity contribution in [1.29, 1.82) is 0 Å². The molecule has 4 heteroatoms. The SMILES string of the molecule is CC1CCC(=O)C(C2CC(=O)N(Cc3ccccc3)C2=O)C1. The molecule has 2 fully saturated rings. The molecule has 0 spiro atoms. The van der Waals surface area contributed by atoms with E-state index in [0.717, 1.165) is 18.4 Å². The van der Waals surface area contributed by atoms with Gasteiger partial charge < -0.3 is 0 Å². The van der Waals surface area contributed by atoms with Crippen LogP contribution in [0.3, 0.4) is 0 Å². The number of carbonyl (C=O) groups excluding carboxylic acids is 3. The van der Waals surface area contributed by atoms with Crippen molar-refractivity contribution >= 4 is 17.6 Å². The molecule has 4 nitrogen and oxygen atoms in total. The fourth-order valence-corrected chi connectivity index (χ4v) is 3.60. The Morgan fingerprint density at radius 3 is 2.55 bits per heavy atom. The van der Waals surface area contributed by atoms with E-state index in [2.05, 4.69) is 6.92 Å². The zero-order chi connectivity index (χ0) is 15.7. The largest absolute Gasteiger partial charge is 0.299 e. The van der Waals surface area contributed by atoms with Gasteiger partial charge in [-0.3, -0.25) is 19.3 Å². The van der Waals surface area contributed by atoms with E-state index in [9.17, 15) is 14.4 Å². The number of hydrogen-bond donors (Lipinski definition) is 0. The van der Waals surface area contributed by atoms with Gasteiger partial charge in [-0.05, 0) is 24.3 Å². The Hall–Kier alpha value is -1.97. The first-order valence-corrected chi connectivity index (χ1v) is 7.97. The van der Waals surface area contributed by atoms with Crippen molar-refractivity contribution in [2.75, 3.05) is 0 Å². The normalized spacial score (nSPS) is 29.2. The van der Waals surface area contributed by atoms with Gasteiger partial charge in [-0.25, -0.2) is 0 Å². The molecule has 1 heterocycles. The van der Waals surface area contributed by atoms with Crippen LogP contribution in [-0.4, -0.2) is 22.5 Å². The molecule has 3 unspecified atom stereocenters. The average Bonchev–Trinajstić information content (AvgIpc) is 2.79. The zero-order valence-corrected chi connectivity index (χ0v) is 12.8. The molecular weight excluding hydrogens is 278 g/mol. The maximum atomic E-state index is 12.6. The monoisotopic (exact) mass is 299 g/mol. The molecular formula is C18H21NO3. The van der Waals surface area contributed by atoms with Crippen molar-refractivity contribution in [3.63, 3.8) is 0 Å². The maximum Gasteiger partial charge on any atom is 0.233 e. The minimum absolute atomic E-state index is 0.148. The predicted molar refractivity (Wildman–Crippen MR) is 81.6 cm³/mol. The number of carbonyl (C=O) groups is 3. The number of imide groups is 1. The number of benzene rings is 1. The molecule has 1 aromatic rings. The highest BCUT2D eigenvalue weighted by Gasteiger charge is 2.46. The smallest absolute Gasteiger partial charge is 0.233 e. The third-order valence-corrected chi connectivity index (χ3v) is 4.90. The summed E-state index contributed by atoms with van der Waals surface area (Å²) >= 11 is 0. The topological polar surface area (TPSA) is 54.5 Å². The highest BCUT2D eigenvalue weighted by atomic mass is 16.2. The van der Waals surface area contributed by atoms with Crippen LogP contribution >= 0.6 is 0 Å². The Balaban J connectivity index is 1.75. The van der Waals surface area contributed by atoms with Gasteiger partial charge in [0.25, 0.3) is 0 Å². The second-order valence-electron chi connectivity index (χ2n) is 6.57. The zero-order valence-electron chi connectivity index (χ0n) is 12.8. The van der Waals surface area contributed by atoms with E-state index >= 15 is 0 Å². The first kappa shape index (κ1) is 14.9. The molecule has 3 atom stereocenters. The number of Topliss-reactive ketones (excluding diaryl/α,β-unsaturated/α-hetero) is 1. The van der Waals surface area contributed by atoms with Crippen LogP contribution in [-0.2, 0) is 20.9 Å². The van der Waals surface area contributed by atoms with Crippen LogP contribution in [0.4, 0.5) is 0 Å². The molecule has 3 rings (SSSR count). The molecule has 0 N–H and O–H groups in total. The van der Waals surface area contributed by atoms with Crippen molar-refractivity contribution in [2.45, 2.75) is 39.2 Å². The number of amides is 2. The van der Waals surface area contributed by atoms with Gasteiger partial charge in [-0.2, -0.15) is 0 Å². The van der Waals surface area contributed by atoms with E-state index in [1.165, 1.54) is 4.90 Å². The summed E-state index contributed by atoms with van der Waals surface area (Å²) in [5.41, 5.74) is 0.938. The number of rotatable bonds is 3. The molecule has 1 aromatic carbocycles. The minimum atomic E-state index is -0.438. The summed E-state index contributed by atoms with van der Waals surface area (Å²) in [6, 6.07) is 9.50. The quantitative estimate of drug-likeness (QED) is 0.806. The number of ketones is 1. The highest BCUT2D eigenvalue weighted by molar-refractivity contribution is 6.05. The van der Waals surface area contributed by atoms with Crippen LogP contribution in [0.5, 0.6) is 0 Å². The predicted octanol–water partition coefficient (Wildman–Crippen LogP) is 2.57. The van der Waals surface area contributed by atoms with Crippen LogP contribution in [0, 0.1) is 17.8 Å². The van der Waals surface area contributed by atoms with Crippen LogP contribution in [0.2, 0.25) is 0 Å². The molecule has 22 heavy (non-hydrogen) atoms. The lowest BCUT2D eigenvalue weighted by Gasteiger charge is -2.28. The van der Waals surface area contributed by atoms with Gasteiger partial charge in [0, 0.05) is 18.8 Å². The highest BCUT2D eigenvalue weighted by Crippen LogP contribution is 2.37. The molecule has 0 aromatic heterocycles. The molecule has 1 aliphatic carbocycles. The number of hydrogen-bond acceptors (Lipinski definition) is 3. The summed E-state index contributed by atoms with van der Waals surface area (Å²) in [5, 5.41) is 0. The van der Waals surface area contributed by atoms with Gasteiger partial charge in [-0.1, -0.05) is 37.3 Å². The molecule has 1 aliphatic heterocycles. The summed E-state index contributed by atoms with van der Waals surface area (Å²) in [5.74, 6) is -0.404. The second kappa shape index (κ2) is 6.03. The Kier molecular flexibility index (Phi) is 4.10. The third-order valence-electron chi connectivity index (χ3n) is 4.90. The van der Waals surface area contributed by atoms with Gasteiger partial charge in [0.1, 0.15) is 5.78 Å². The minimum Gasteiger partial charge on any atom is -0.299 e. The van der Waals surface area contributed by atoms with Crippen LogP contribution in [0.15, 0.2) is 30.3 Å². The van der Waals surface area contributed by atoms with Crippen LogP contribution < -0.4 is 0 Å². The van der Waals surface area contributed by atoms with Gasteiger partial charge in [0.05, 0.1) is 12.5 Å². The van der Waals surface area contributed by atoms with E-state index in [1.807, 2.05) is 30.3 Å². The van der Waals surface area contributed by atoms with Crippen molar-refractivity contribution < 1.29 is 14.4 Å². The molecule has 1 saturated heterocycles. The second-order valence-corrected chi connectivity index (χ2v) is 6.57. The summed E-state index contributed by atoms with van der Waals surface area (Å²) < 4.78 is 0. The Labute approximate surface area is 130 Å². The van der Waals surface area contributed by atoms with E-state index in [1.54, 1.807) is 0 Å². The van der Waals surface area contributed by atoms with Gasteiger partial charge in [0.2, 0.25) is 11.8 Å². The molecule has 2 amide bonds. The van der Waals surface area contributed by atoms with Crippen molar-refractivity contribution in [3.05, 3.63) is 35.9 Å². The summed E-state index contributed by atoms with van der Waals surface area (Å²) in [7, 11) is 0. The summed E-state index contributed by atoms with van der Waals surface area (Å²) in [6.07, 6.45) is 2.37. The molecule has 116 valence electrons. The van der Waals surface area contributed by atoms with E-state index < -0.39 is 5.92 Å². The standard InChI is InChI=1S/C18H21NO3/c1-12-7-8-16(20)14(9-12)15-10-17(21)19(18(15)22)11-13-5-3-2-4-6-13/h2-6,12,14-15H,7-11H2,1H3. The Morgan fingerprint density at radius 1 is 1.09 bits per heavy atom. The number of nitrogens with zero attached hydrogens (tertiary/aromatic N) is 1. The molecule has 0 radical (unpaired) electrons. The van der Waals surface area contributed by atoms with Crippen LogP contribution in [0.1, 0.15) is 38.2 Å². The number of likely N-dealkylation sites (tertiary alicyclic amines) is 1. The lowest BCUT2D eigenvalue weighted by Crippen LogP contribution is -2.36. The first-order chi connectivity index (χ1) is 10.6. The summed E-state index contributed by atoms with van der Waals surface area (Å²) in [6.45, 7) is 2.42. The van der Waals surface area contributed by atoms with Crippen LogP contribution in [0.25, 0.3) is 0 Å². The average molecular weight is 299 g/mol. The molecule has 0 bridgehead atoms. The van der Waals surface area contributed by atoms with Gasteiger partial charge >= 0.3 is 0 Å². The van der Waals surface area contributed by atoms with Crippen molar-refractivity contribution in [1.82, 2.24) is 4.90 Å². The molecule has 1 saturated carbocycles. The molecule has 2 aliphatic rings. The van der Waals surface area contributed by atoms with Gasteiger partial charge in [0.15, 0.2) is 0 Å².